The second-order valence-electron chi connectivity index (χ2n) is 4.31. The number of rotatable bonds is 6. The molecule has 0 spiro atoms. The van der Waals surface area contributed by atoms with Gasteiger partial charge in [0.05, 0.1) is 10.6 Å². The van der Waals surface area contributed by atoms with Crippen molar-refractivity contribution in [2.75, 3.05) is 13.2 Å². The van der Waals surface area contributed by atoms with Gasteiger partial charge >= 0.3 is 12.0 Å². The zero-order valence-corrected chi connectivity index (χ0v) is 13.8. The van der Waals surface area contributed by atoms with E-state index in [4.69, 9.17) is 16.7 Å². The van der Waals surface area contributed by atoms with Crippen LogP contribution in [0.25, 0.3) is 0 Å². The van der Waals surface area contributed by atoms with Crippen LogP contribution < -0.4 is 15.8 Å². The monoisotopic (exact) mass is 375 g/mol. The van der Waals surface area contributed by atoms with Gasteiger partial charge in [0.25, 0.3) is 5.91 Å². The zero-order chi connectivity index (χ0) is 18.3. The summed E-state index contributed by atoms with van der Waals surface area (Å²) in [4.78, 5) is 34.0. The van der Waals surface area contributed by atoms with Crippen LogP contribution in [0.2, 0.25) is 5.02 Å². The number of benzene rings is 1. The normalized spacial score (nSPS) is 10.6. The molecule has 0 radical (unpaired) electrons. The second-order valence-corrected chi connectivity index (χ2v) is 6.25. The smallest absolute Gasteiger partial charge is 0.338 e. The first-order valence-electron chi connectivity index (χ1n) is 6.33. The topological polar surface area (TPSA) is 145 Å². The molecule has 0 unspecified atom stereocenters. The number of carbonyl (C=O) groups is 3. The summed E-state index contributed by atoms with van der Waals surface area (Å²) in [5, 5.41) is 9.01. The van der Waals surface area contributed by atoms with Crippen molar-refractivity contribution in [3.8, 4) is 0 Å². The number of urea groups is 1. The number of carbonyl (C=O) groups excluding carboxylic acids is 3. The molecule has 4 N–H and O–H groups in total. The van der Waals surface area contributed by atoms with Crippen molar-refractivity contribution in [2.45, 2.75) is 4.90 Å². The Balaban J connectivity index is 2.68. The van der Waals surface area contributed by atoms with Crippen molar-refractivity contribution in [3.63, 3.8) is 0 Å². The summed E-state index contributed by atoms with van der Waals surface area (Å²) in [6.45, 7) is 2.79. The maximum Gasteiger partial charge on any atom is 0.338 e. The molecule has 0 fully saturated rings. The summed E-state index contributed by atoms with van der Waals surface area (Å²) >= 11 is 5.69. The van der Waals surface area contributed by atoms with Gasteiger partial charge in [-0.15, -0.1) is 6.58 Å². The van der Waals surface area contributed by atoms with Gasteiger partial charge in [0.15, 0.2) is 6.61 Å². The highest BCUT2D eigenvalue weighted by atomic mass is 35.5. The summed E-state index contributed by atoms with van der Waals surface area (Å²) in [6.07, 6.45) is 1.41. The highest BCUT2D eigenvalue weighted by Gasteiger charge is 2.18. The average molecular weight is 376 g/mol. The lowest BCUT2D eigenvalue weighted by atomic mass is 10.2. The molecular weight excluding hydrogens is 362 g/mol. The van der Waals surface area contributed by atoms with Crippen molar-refractivity contribution in [1.82, 2.24) is 10.6 Å². The summed E-state index contributed by atoms with van der Waals surface area (Å²) < 4.78 is 27.3. The minimum absolute atomic E-state index is 0.153. The molecule has 0 aliphatic carbocycles. The number of amides is 3. The Hall–Kier alpha value is -2.43. The van der Waals surface area contributed by atoms with Crippen molar-refractivity contribution in [1.29, 1.82) is 0 Å². The molecule has 0 aliphatic rings. The van der Waals surface area contributed by atoms with Crippen LogP contribution in [0.1, 0.15) is 10.4 Å². The number of hydrogen-bond donors (Lipinski definition) is 3. The number of nitrogens with two attached hydrogens (primary N) is 1. The zero-order valence-electron chi connectivity index (χ0n) is 12.2. The Labute approximate surface area is 142 Å². The number of nitrogens with one attached hydrogen (secondary N) is 2. The number of ether oxygens (including phenoxy) is 1. The average Bonchev–Trinajstić information content (AvgIpc) is 2.49. The number of primary sulfonamides is 1. The van der Waals surface area contributed by atoms with E-state index >= 15 is 0 Å². The summed E-state index contributed by atoms with van der Waals surface area (Å²) in [7, 11) is -4.13. The Morgan fingerprint density at radius 2 is 2.00 bits per heavy atom. The van der Waals surface area contributed by atoms with Gasteiger partial charge in [-0.1, -0.05) is 17.7 Å². The molecule has 0 aromatic heterocycles. The molecule has 1 aromatic rings. The lowest BCUT2D eigenvalue weighted by Crippen LogP contribution is -2.41. The Morgan fingerprint density at radius 1 is 1.33 bits per heavy atom. The molecule has 0 bridgehead atoms. The van der Waals surface area contributed by atoms with E-state index in [0.717, 1.165) is 12.1 Å². The van der Waals surface area contributed by atoms with E-state index in [9.17, 15) is 22.8 Å². The van der Waals surface area contributed by atoms with E-state index in [-0.39, 0.29) is 17.1 Å². The van der Waals surface area contributed by atoms with Crippen LogP contribution in [0.5, 0.6) is 0 Å². The van der Waals surface area contributed by atoms with Crippen molar-refractivity contribution >= 4 is 39.5 Å². The fourth-order valence-electron chi connectivity index (χ4n) is 1.43. The largest absolute Gasteiger partial charge is 0.452 e. The number of imide groups is 1. The van der Waals surface area contributed by atoms with Gasteiger partial charge in [0.1, 0.15) is 4.90 Å². The lowest BCUT2D eigenvalue weighted by Gasteiger charge is -2.08. The highest BCUT2D eigenvalue weighted by Crippen LogP contribution is 2.21. The van der Waals surface area contributed by atoms with E-state index in [1.54, 1.807) is 0 Å². The molecule has 130 valence electrons. The molecule has 0 saturated heterocycles. The summed E-state index contributed by atoms with van der Waals surface area (Å²) in [5.74, 6) is -1.86. The van der Waals surface area contributed by atoms with Crippen molar-refractivity contribution in [2.24, 2.45) is 5.14 Å². The van der Waals surface area contributed by atoms with Gasteiger partial charge in [-0.3, -0.25) is 10.1 Å². The summed E-state index contributed by atoms with van der Waals surface area (Å²) in [5.41, 5.74) is -0.174. The molecule has 0 atom stereocenters. The minimum atomic E-state index is -4.13. The van der Waals surface area contributed by atoms with Gasteiger partial charge in [0, 0.05) is 6.54 Å². The number of hydrogen-bond acceptors (Lipinski definition) is 6. The lowest BCUT2D eigenvalue weighted by molar-refractivity contribution is -0.123. The molecule has 0 heterocycles. The molecule has 0 saturated carbocycles. The maximum atomic E-state index is 11.8. The van der Waals surface area contributed by atoms with E-state index in [1.165, 1.54) is 12.1 Å². The minimum Gasteiger partial charge on any atom is -0.452 e. The van der Waals surface area contributed by atoms with Crippen LogP contribution in [-0.2, 0) is 19.6 Å². The number of sulfonamides is 1. The molecule has 24 heavy (non-hydrogen) atoms. The first-order chi connectivity index (χ1) is 11.1. The molecule has 0 aliphatic heterocycles. The maximum absolute atomic E-state index is 11.8. The Bertz CT molecular complexity index is 778. The van der Waals surface area contributed by atoms with Crippen LogP contribution >= 0.6 is 11.6 Å². The Kier molecular flexibility index (Phi) is 6.89. The third kappa shape index (κ3) is 5.99. The van der Waals surface area contributed by atoms with Gasteiger partial charge in [-0.2, -0.15) is 0 Å². The van der Waals surface area contributed by atoms with E-state index < -0.39 is 39.4 Å². The van der Waals surface area contributed by atoms with Crippen LogP contribution in [0.15, 0.2) is 35.7 Å². The van der Waals surface area contributed by atoms with Crippen LogP contribution in [-0.4, -0.2) is 39.5 Å². The standard InChI is InChI=1S/C13H14ClN3O6S/c1-2-5-16-13(20)17-11(18)7-23-12(19)8-3-4-9(14)10(6-8)24(15,21)22/h2-4,6H,1,5,7H2,(H2,15,21,22)(H2,16,17,18,20). The van der Waals surface area contributed by atoms with Crippen molar-refractivity contribution in [3.05, 3.63) is 41.4 Å². The first-order valence-corrected chi connectivity index (χ1v) is 8.25. The number of halogens is 1. The summed E-state index contributed by atoms with van der Waals surface area (Å²) in [6, 6.07) is 2.50. The van der Waals surface area contributed by atoms with E-state index in [0.29, 0.717) is 0 Å². The van der Waals surface area contributed by atoms with Crippen LogP contribution in [0.4, 0.5) is 4.79 Å². The highest BCUT2D eigenvalue weighted by molar-refractivity contribution is 7.89. The molecular formula is C13H14ClN3O6S. The predicted molar refractivity (Wildman–Crippen MR) is 84.8 cm³/mol. The SMILES string of the molecule is C=CCNC(=O)NC(=O)COC(=O)c1ccc(Cl)c(S(N)(=O)=O)c1. The fraction of sp³-hybridized carbons (Fsp3) is 0.154. The number of esters is 1. The van der Waals surface area contributed by atoms with Gasteiger partial charge in [-0.05, 0) is 18.2 Å². The van der Waals surface area contributed by atoms with Crippen LogP contribution in [0.3, 0.4) is 0 Å². The molecule has 9 nitrogen and oxygen atoms in total. The first kappa shape index (κ1) is 19.6. The molecule has 11 heteroatoms. The third-order valence-corrected chi connectivity index (χ3v) is 3.86. The van der Waals surface area contributed by atoms with Crippen molar-refractivity contribution < 1.29 is 27.5 Å². The molecule has 1 rings (SSSR count). The van der Waals surface area contributed by atoms with E-state index in [2.05, 4.69) is 16.6 Å². The van der Waals surface area contributed by atoms with Gasteiger partial charge in [0.2, 0.25) is 10.0 Å². The van der Waals surface area contributed by atoms with E-state index in [1.807, 2.05) is 5.32 Å². The third-order valence-electron chi connectivity index (χ3n) is 2.47. The van der Waals surface area contributed by atoms with Gasteiger partial charge < -0.3 is 10.1 Å². The van der Waals surface area contributed by atoms with Crippen LogP contribution in [0, 0.1) is 0 Å². The fourth-order valence-corrected chi connectivity index (χ4v) is 2.51. The quantitative estimate of drug-likeness (QED) is 0.477. The molecule has 1 aromatic carbocycles. The predicted octanol–water partition coefficient (Wildman–Crippen LogP) is 0.156. The second kappa shape index (κ2) is 8.43. The Morgan fingerprint density at radius 3 is 2.58 bits per heavy atom. The van der Waals surface area contributed by atoms with Gasteiger partial charge in [-0.25, -0.2) is 23.1 Å². The molecule has 3 amide bonds.